The number of para-hydroxylation sites is 1. The molecule has 34 heavy (non-hydrogen) atoms. The summed E-state index contributed by atoms with van der Waals surface area (Å²) < 4.78 is 16.6. The fourth-order valence-electron chi connectivity index (χ4n) is 3.35. The molecule has 2 heterocycles. The van der Waals surface area contributed by atoms with E-state index < -0.39 is 19.9 Å². The van der Waals surface area contributed by atoms with Crippen molar-refractivity contribution in [3.63, 3.8) is 0 Å². The zero-order valence-corrected chi connectivity index (χ0v) is 27.5. The SMILES string of the molecule is CCCc1nc2n([n+]1-c1c(Cl)cc(Cl)cc1Cl)-c1ccccc1S(=O)CC2.[Cl][Sb-]([Cl])([Cl])([Cl])([Cl])[Cl]. The molecule has 0 bridgehead atoms. The normalized spacial score (nSPS) is 17.4. The molecule has 2 aromatic carbocycles. The van der Waals surface area contributed by atoms with Gasteiger partial charge < -0.3 is 0 Å². The van der Waals surface area contributed by atoms with E-state index >= 15 is 0 Å². The molecular weight excluding hydrogens is 759 g/mol. The Hall–Kier alpha value is 1.16. The van der Waals surface area contributed by atoms with Gasteiger partial charge in [-0.1, -0.05) is 53.9 Å². The second-order valence-electron chi connectivity index (χ2n) is 7.26. The summed E-state index contributed by atoms with van der Waals surface area (Å²) in [7, 11) is 23.9. The van der Waals surface area contributed by atoms with E-state index in [-0.39, 0.29) is 0 Å². The molecule has 0 amide bonds. The molecule has 4 rings (SSSR count). The standard InChI is InChI=1S/C19H17Cl3N3OS.6ClH.Sb/c1-2-5-17-23-18-8-9-27(26)16-7-4-3-6-15(16)24(18)25(17)19-13(21)10-12(20)11-14(19)22;;;;;;;/h3-4,6-7,10-11H,2,5,8-9H2,1H3;6*1H;/q+1;;;;;;;+5/p-6. The van der Waals surface area contributed by atoms with E-state index in [2.05, 4.69) is 6.92 Å². The molecule has 4 nitrogen and oxygen atoms in total. The second-order valence-corrected chi connectivity index (χ2v) is 67.0. The van der Waals surface area contributed by atoms with Crippen LogP contribution in [0.5, 0.6) is 0 Å². The van der Waals surface area contributed by atoms with Crippen LogP contribution in [0.25, 0.3) is 11.4 Å². The first-order chi connectivity index (χ1) is 15.5. The van der Waals surface area contributed by atoms with Gasteiger partial charge in [0.1, 0.15) is 5.69 Å². The van der Waals surface area contributed by atoms with Gasteiger partial charge in [0.05, 0.1) is 32.2 Å². The Kier molecular flexibility index (Phi) is 9.07. The minimum atomic E-state index is -5.42. The summed E-state index contributed by atoms with van der Waals surface area (Å²) in [6, 6.07) is 11.0. The van der Waals surface area contributed by atoms with Crippen LogP contribution in [0.2, 0.25) is 15.1 Å². The molecule has 1 aliphatic rings. The van der Waals surface area contributed by atoms with Crippen LogP contribution in [0.4, 0.5) is 0 Å². The van der Waals surface area contributed by atoms with Gasteiger partial charge in [-0.05, 0) is 35.7 Å². The predicted molar refractivity (Wildman–Crippen MR) is 150 cm³/mol. The Morgan fingerprint density at radius 3 is 2.15 bits per heavy atom. The van der Waals surface area contributed by atoms with Crippen molar-refractivity contribution >= 4 is 108 Å². The number of aromatic nitrogens is 3. The molecule has 0 radical (unpaired) electrons. The van der Waals surface area contributed by atoms with Crippen LogP contribution in [0.15, 0.2) is 41.3 Å². The van der Waals surface area contributed by atoms with E-state index in [1.54, 1.807) is 12.1 Å². The van der Waals surface area contributed by atoms with Crippen molar-refractivity contribution in [2.75, 3.05) is 5.75 Å². The van der Waals surface area contributed by atoms with Gasteiger partial charge in [-0.15, -0.1) is 9.36 Å². The molecule has 0 aliphatic carbocycles. The van der Waals surface area contributed by atoms with Gasteiger partial charge in [0, 0.05) is 17.2 Å². The zero-order valence-electron chi connectivity index (χ0n) is 17.3. The molecule has 1 aliphatic heterocycles. The quantitative estimate of drug-likeness (QED) is 0.198. The van der Waals surface area contributed by atoms with Crippen molar-refractivity contribution in [3.8, 4) is 11.4 Å². The van der Waals surface area contributed by atoms with Crippen molar-refractivity contribution < 1.29 is 8.89 Å². The van der Waals surface area contributed by atoms with E-state index in [0.717, 1.165) is 35.1 Å². The molecule has 0 N–H and O–H groups in total. The second kappa shape index (κ2) is 10.4. The number of halogens is 9. The number of hydrogen-bond donors (Lipinski definition) is 0. The van der Waals surface area contributed by atoms with Gasteiger partial charge in [-0.2, -0.15) is 0 Å². The fourth-order valence-corrected chi connectivity index (χ4v) is 5.54. The Labute approximate surface area is 234 Å². The van der Waals surface area contributed by atoms with Crippen molar-refractivity contribution in [2.45, 2.75) is 31.1 Å². The summed E-state index contributed by atoms with van der Waals surface area (Å²) >= 11 is 19.2. The number of aryl methyl sites for hydroxylation is 2. The third-order valence-corrected chi connectivity index (χ3v) is 6.67. The van der Waals surface area contributed by atoms with Crippen LogP contribution in [0.3, 0.4) is 0 Å². The van der Waals surface area contributed by atoms with Gasteiger partial charge in [-0.3, -0.25) is 4.21 Å². The third kappa shape index (κ3) is 8.33. The molecule has 188 valence electrons. The number of benzene rings is 2. The molecule has 3 aromatic rings. The molecule has 1 aromatic heterocycles. The van der Waals surface area contributed by atoms with Crippen molar-refractivity contribution in [3.05, 3.63) is 63.1 Å². The molecule has 15 heteroatoms. The zero-order chi connectivity index (χ0) is 25.5. The Morgan fingerprint density at radius 2 is 1.59 bits per heavy atom. The average molecular weight is 776 g/mol. The Balaban J connectivity index is 0.000000406. The first-order valence-electron chi connectivity index (χ1n) is 9.68. The van der Waals surface area contributed by atoms with Crippen molar-refractivity contribution in [1.29, 1.82) is 0 Å². The molecule has 1 unspecified atom stereocenters. The summed E-state index contributed by atoms with van der Waals surface area (Å²) in [6.45, 7) is 2.10. The van der Waals surface area contributed by atoms with Gasteiger partial charge in [0.2, 0.25) is 0 Å². The number of fused-ring (bicyclic) bond motifs is 3. The van der Waals surface area contributed by atoms with Gasteiger partial charge in [0.25, 0.3) is 5.82 Å². The number of nitrogens with zero attached hydrogens (tertiary/aromatic N) is 3. The van der Waals surface area contributed by atoms with Crippen LogP contribution in [0.1, 0.15) is 25.0 Å². The maximum atomic E-state index is 12.7. The Bertz CT molecular complexity index is 1240. The van der Waals surface area contributed by atoms with Crippen molar-refractivity contribution in [1.82, 2.24) is 9.67 Å². The monoisotopic (exact) mass is 771 g/mol. The van der Waals surface area contributed by atoms with Crippen LogP contribution < -0.4 is 4.68 Å². The summed E-state index contributed by atoms with van der Waals surface area (Å²) in [5.41, 5.74) is 1.47. The summed E-state index contributed by atoms with van der Waals surface area (Å²) in [4.78, 5) is 5.64. The van der Waals surface area contributed by atoms with Crippen LogP contribution in [-0.4, -0.2) is 28.8 Å². The summed E-state index contributed by atoms with van der Waals surface area (Å²) in [6.07, 6.45) is 2.29. The third-order valence-electron chi connectivity index (χ3n) is 4.46. The first-order valence-corrected chi connectivity index (χ1v) is 31.5. The maximum absolute atomic E-state index is 12.7. The van der Waals surface area contributed by atoms with Gasteiger partial charge >= 0.3 is 67.9 Å². The van der Waals surface area contributed by atoms with Crippen molar-refractivity contribution in [2.24, 2.45) is 0 Å². The summed E-state index contributed by atoms with van der Waals surface area (Å²) in [5.74, 6) is 2.24. The molecule has 0 saturated carbocycles. The number of hydrogen-bond acceptors (Lipinski definition) is 2. The van der Waals surface area contributed by atoms with Gasteiger partial charge in [-0.25, -0.2) is 0 Å². The van der Waals surface area contributed by atoms with Crippen LogP contribution >= 0.6 is 87.8 Å². The minimum absolute atomic E-state index is 0.445. The molecule has 0 saturated heterocycles. The fraction of sp³-hybridized carbons (Fsp3) is 0.263. The molecule has 1 atom stereocenters. The summed E-state index contributed by atoms with van der Waals surface area (Å²) in [5, 5.41) is 1.37. The number of rotatable bonds is 3. The Morgan fingerprint density at radius 1 is 1.03 bits per heavy atom. The first kappa shape index (κ1) is 29.7. The predicted octanol–water partition coefficient (Wildman–Crippen LogP) is 8.48. The van der Waals surface area contributed by atoms with Gasteiger partial charge in [0.15, 0.2) is 5.69 Å². The molecule has 0 spiro atoms. The topological polar surface area (TPSA) is 38.8 Å². The average Bonchev–Trinajstić information content (AvgIpc) is 2.94. The van der Waals surface area contributed by atoms with E-state index in [9.17, 15) is 4.21 Å². The molecular formula is C19H17Cl9N3OSSb. The van der Waals surface area contributed by atoms with E-state index in [4.69, 9.17) is 92.8 Å². The van der Waals surface area contributed by atoms with E-state index in [1.807, 2.05) is 33.6 Å². The van der Waals surface area contributed by atoms with E-state index in [1.165, 1.54) is 0 Å². The van der Waals surface area contributed by atoms with Crippen LogP contribution in [-0.2, 0) is 23.6 Å². The molecule has 0 fully saturated rings. The van der Waals surface area contributed by atoms with Crippen LogP contribution in [0, 0.1) is 0 Å². The van der Waals surface area contributed by atoms with E-state index in [0.29, 0.717) is 32.9 Å².